The van der Waals surface area contributed by atoms with Gasteiger partial charge in [0.1, 0.15) is 0 Å². The number of hydrogen-bond donors (Lipinski definition) is 0. The predicted octanol–water partition coefficient (Wildman–Crippen LogP) is 1.62. The molecule has 2 aliphatic rings. The summed E-state index contributed by atoms with van der Waals surface area (Å²) in [6.45, 7) is 0.881. The molecule has 3 heteroatoms. The Morgan fingerprint density at radius 1 is 1.31 bits per heavy atom. The second-order valence-electron chi connectivity index (χ2n) is 4.56. The molecule has 3 nitrogen and oxygen atoms in total. The van der Waals surface area contributed by atoms with Gasteiger partial charge in [0.05, 0.1) is 6.54 Å². The summed E-state index contributed by atoms with van der Waals surface area (Å²) >= 11 is 0. The molecule has 1 aromatic carbocycles. The summed E-state index contributed by atoms with van der Waals surface area (Å²) in [6.07, 6.45) is 2.02. The van der Waals surface area contributed by atoms with Crippen LogP contribution in [0.5, 0.6) is 0 Å². The Hall–Kier alpha value is -1.64. The first-order valence-electron chi connectivity index (χ1n) is 5.65. The molecule has 82 valence electrons. The van der Waals surface area contributed by atoms with Crippen molar-refractivity contribution >= 4 is 11.7 Å². The van der Waals surface area contributed by atoms with Crippen molar-refractivity contribution in [2.75, 3.05) is 6.54 Å². The fourth-order valence-electron chi connectivity index (χ4n) is 2.16. The lowest BCUT2D eigenvalue weighted by atomic mass is 10.1. The molecule has 0 spiro atoms. The first kappa shape index (κ1) is 9.58. The first-order valence-corrected chi connectivity index (χ1v) is 5.65. The zero-order valence-corrected chi connectivity index (χ0v) is 8.98. The standard InChI is InChI=1S/C13H13NO2/c15-12(9-5-6-9)8-14-7-10-3-1-2-4-11(10)13(14)16/h1-4,9H,5-8H2. The van der Waals surface area contributed by atoms with E-state index in [4.69, 9.17) is 0 Å². The third kappa shape index (κ3) is 1.52. The molecule has 3 rings (SSSR count). The second kappa shape index (κ2) is 3.44. The van der Waals surface area contributed by atoms with Crippen LogP contribution in [0.15, 0.2) is 24.3 Å². The lowest BCUT2D eigenvalue weighted by Crippen LogP contribution is -2.30. The maximum atomic E-state index is 11.9. The number of Topliss-reactive ketones (excluding diaryl/α,β-unsaturated/α-hetero) is 1. The van der Waals surface area contributed by atoms with E-state index in [1.807, 2.05) is 24.3 Å². The van der Waals surface area contributed by atoms with Crippen LogP contribution < -0.4 is 0 Å². The van der Waals surface area contributed by atoms with Crippen molar-refractivity contribution in [1.82, 2.24) is 4.90 Å². The molecule has 1 aromatic rings. The average Bonchev–Trinajstić information content (AvgIpc) is 3.08. The van der Waals surface area contributed by atoms with Gasteiger partial charge in [0.25, 0.3) is 5.91 Å². The molecule has 0 bridgehead atoms. The SMILES string of the molecule is O=C(CN1Cc2ccccc2C1=O)C1CC1. The van der Waals surface area contributed by atoms with Crippen LogP contribution in [0.4, 0.5) is 0 Å². The first-order chi connectivity index (χ1) is 7.75. The molecule has 16 heavy (non-hydrogen) atoms. The average molecular weight is 215 g/mol. The topological polar surface area (TPSA) is 37.4 Å². The summed E-state index contributed by atoms with van der Waals surface area (Å²) in [5.41, 5.74) is 1.79. The van der Waals surface area contributed by atoms with Crippen LogP contribution in [-0.4, -0.2) is 23.1 Å². The highest BCUT2D eigenvalue weighted by Gasteiger charge is 2.34. The van der Waals surface area contributed by atoms with Gasteiger partial charge in [0, 0.05) is 18.0 Å². The summed E-state index contributed by atoms with van der Waals surface area (Å²) in [7, 11) is 0. The number of hydrogen-bond acceptors (Lipinski definition) is 2. The van der Waals surface area contributed by atoms with Crippen LogP contribution in [0.3, 0.4) is 0 Å². The minimum Gasteiger partial charge on any atom is -0.327 e. The van der Waals surface area contributed by atoms with Crippen molar-refractivity contribution in [1.29, 1.82) is 0 Å². The molecule has 0 radical (unpaired) electrons. The van der Waals surface area contributed by atoms with Gasteiger partial charge in [-0.3, -0.25) is 9.59 Å². The highest BCUT2D eigenvalue weighted by Crippen LogP contribution is 2.31. The summed E-state index contributed by atoms with van der Waals surface area (Å²) in [5.74, 6) is 0.460. The summed E-state index contributed by atoms with van der Waals surface area (Å²) in [6, 6.07) is 7.58. The second-order valence-corrected chi connectivity index (χ2v) is 4.56. The van der Waals surface area contributed by atoms with Crippen molar-refractivity contribution in [2.45, 2.75) is 19.4 Å². The zero-order chi connectivity index (χ0) is 11.1. The molecular formula is C13H13NO2. The van der Waals surface area contributed by atoms with Gasteiger partial charge >= 0.3 is 0 Å². The van der Waals surface area contributed by atoms with Gasteiger partial charge in [-0.2, -0.15) is 0 Å². The minimum absolute atomic E-state index is 0.00426. The van der Waals surface area contributed by atoms with E-state index in [9.17, 15) is 9.59 Å². The lowest BCUT2D eigenvalue weighted by Gasteiger charge is -2.13. The van der Waals surface area contributed by atoms with E-state index in [0.717, 1.165) is 24.0 Å². The van der Waals surface area contributed by atoms with Gasteiger partial charge < -0.3 is 4.90 Å². The van der Waals surface area contributed by atoms with Gasteiger partial charge in [-0.25, -0.2) is 0 Å². The largest absolute Gasteiger partial charge is 0.327 e. The van der Waals surface area contributed by atoms with Gasteiger partial charge in [0.15, 0.2) is 5.78 Å². The van der Waals surface area contributed by atoms with Crippen LogP contribution in [-0.2, 0) is 11.3 Å². The molecule has 1 aliphatic heterocycles. The third-order valence-corrected chi connectivity index (χ3v) is 3.28. The molecule has 1 aliphatic carbocycles. The van der Waals surface area contributed by atoms with Gasteiger partial charge in [-0.1, -0.05) is 18.2 Å². The molecule has 0 N–H and O–H groups in total. The summed E-state index contributed by atoms with van der Waals surface area (Å²) in [5, 5.41) is 0. The molecule has 0 unspecified atom stereocenters. The van der Waals surface area contributed by atoms with E-state index in [-0.39, 0.29) is 24.2 Å². The molecule has 1 fully saturated rings. The Labute approximate surface area is 94.1 Å². The van der Waals surface area contributed by atoms with Gasteiger partial charge in [-0.15, -0.1) is 0 Å². The fraction of sp³-hybridized carbons (Fsp3) is 0.385. The highest BCUT2D eigenvalue weighted by atomic mass is 16.2. The maximum Gasteiger partial charge on any atom is 0.254 e. The van der Waals surface area contributed by atoms with E-state index >= 15 is 0 Å². The Morgan fingerprint density at radius 2 is 2.06 bits per heavy atom. The molecule has 1 heterocycles. The van der Waals surface area contributed by atoms with Gasteiger partial charge in [-0.05, 0) is 24.5 Å². The Bertz CT molecular complexity index is 463. The van der Waals surface area contributed by atoms with Crippen molar-refractivity contribution in [3.63, 3.8) is 0 Å². The highest BCUT2D eigenvalue weighted by molar-refractivity contribution is 6.00. The number of benzene rings is 1. The van der Waals surface area contributed by atoms with Crippen LogP contribution in [0.2, 0.25) is 0 Å². The summed E-state index contributed by atoms with van der Waals surface area (Å²) < 4.78 is 0. The lowest BCUT2D eigenvalue weighted by molar-refractivity contribution is -0.120. The van der Waals surface area contributed by atoms with Gasteiger partial charge in [0.2, 0.25) is 0 Å². The molecule has 0 saturated heterocycles. The van der Waals surface area contributed by atoms with E-state index in [1.54, 1.807) is 4.90 Å². The normalized spacial score (nSPS) is 18.8. The summed E-state index contributed by atoms with van der Waals surface area (Å²) in [4.78, 5) is 25.3. The van der Waals surface area contributed by atoms with Crippen molar-refractivity contribution in [3.05, 3.63) is 35.4 Å². The molecule has 0 aromatic heterocycles. The van der Waals surface area contributed by atoms with Crippen LogP contribution in [0.25, 0.3) is 0 Å². The number of ketones is 1. The Kier molecular flexibility index (Phi) is 2.06. The number of rotatable bonds is 3. The molecule has 1 amide bonds. The number of fused-ring (bicyclic) bond motifs is 1. The monoisotopic (exact) mass is 215 g/mol. The molecule has 0 atom stereocenters. The van der Waals surface area contributed by atoms with Crippen LogP contribution in [0, 0.1) is 5.92 Å². The van der Waals surface area contributed by atoms with Crippen LogP contribution in [0.1, 0.15) is 28.8 Å². The Balaban J connectivity index is 1.76. The van der Waals surface area contributed by atoms with Crippen molar-refractivity contribution in [2.24, 2.45) is 5.92 Å². The number of amides is 1. The molecule has 1 saturated carbocycles. The van der Waals surface area contributed by atoms with E-state index in [0.29, 0.717) is 6.54 Å². The smallest absolute Gasteiger partial charge is 0.254 e. The van der Waals surface area contributed by atoms with E-state index < -0.39 is 0 Å². The fourth-order valence-corrected chi connectivity index (χ4v) is 2.16. The Morgan fingerprint density at radius 3 is 2.75 bits per heavy atom. The minimum atomic E-state index is 0.00426. The number of carbonyl (C=O) groups is 2. The van der Waals surface area contributed by atoms with E-state index in [2.05, 4.69) is 0 Å². The predicted molar refractivity (Wildman–Crippen MR) is 58.9 cm³/mol. The van der Waals surface area contributed by atoms with E-state index in [1.165, 1.54) is 0 Å². The maximum absolute atomic E-state index is 11.9. The van der Waals surface area contributed by atoms with Crippen molar-refractivity contribution in [3.8, 4) is 0 Å². The zero-order valence-electron chi connectivity index (χ0n) is 8.98. The third-order valence-electron chi connectivity index (χ3n) is 3.28. The van der Waals surface area contributed by atoms with Crippen LogP contribution >= 0.6 is 0 Å². The quantitative estimate of drug-likeness (QED) is 0.768. The van der Waals surface area contributed by atoms with Crippen molar-refractivity contribution < 1.29 is 9.59 Å². The number of carbonyl (C=O) groups excluding carboxylic acids is 2. The number of nitrogens with zero attached hydrogens (tertiary/aromatic N) is 1. The molecular weight excluding hydrogens is 202 g/mol.